The van der Waals surface area contributed by atoms with E-state index in [-0.39, 0.29) is 62.6 Å². The molecule has 47 heavy (non-hydrogen) atoms. The van der Waals surface area contributed by atoms with Crippen LogP contribution in [0.5, 0.6) is 11.5 Å². The van der Waals surface area contributed by atoms with E-state index in [0.717, 1.165) is 17.7 Å². The van der Waals surface area contributed by atoms with Gasteiger partial charge in [-0.05, 0) is 37.0 Å². The van der Waals surface area contributed by atoms with Crippen LogP contribution in [0, 0.1) is 0 Å². The van der Waals surface area contributed by atoms with Crippen LogP contribution in [0.25, 0.3) is 0 Å². The maximum absolute atomic E-state index is 13.3. The Morgan fingerprint density at radius 3 is 2.79 bits per heavy atom. The van der Waals surface area contributed by atoms with Crippen molar-refractivity contribution < 1.29 is 38.2 Å². The fourth-order valence-corrected chi connectivity index (χ4v) is 8.17. The van der Waals surface area contributed by atoms with Crippen LogP contribution in [0.1, 0.15) is 43.2 Å². The van der Waals surface area contributed by atoms with Crippen LogP contribution in [0.15, 0.2) is 29.8 Å². The molecule has 9 N–H and O–H groups in total. The Balaban J connectivity index is 1.27. The molecule has 1 aromatic rings. The molecule has 1 saturated carbocycles. The van der Waals surface area contributed by atoms with E-state index in [4.69, 9.17) is 26.7 Å². The standard InChI is InChI=1S/C32H46N8O7/c1-4-15-40(3)16-11-31-25-19-7-8-22(26(25)47-27(31)21(41)9-10-32(31,45)23(40)17-19)46-30(44)39(2)14-13-36-28(43)20(38-24(42)18-33)6-5-12-37-29(34)35/h4,7-8,20,23,27,45H,1,5-6,9-18,33H2,2-3H3,(H5-,34,35,36,37,38,42,43)/p+1/t20-,23-,27-,31-,32+,40?/m0/s1. The quantitative estimate of drug-likeness (QED) is 0.0489. The highest BCUT2D eigenvalue weighted by Gasteiger charge is 2.76. The second kappa shape index (κ2) is 13.1. The van der Waals surface area contributed by atoms with Crippen molar-refractivity contribution >= 4 is 29.7 Å². The van der Waals surface area contributed by atoms with E-state index >= 15 is 0 Å². The third-order valence-corrected chi connectivity index (χ3v) is 10.5. The van der Waals surface area contributed by atoms with Crippen LogP contribution in [0.4, 0.5) is 4.79 Å². The van der Waals surface area contributed by atoms with Gasteiger partial charge in [0.2, 0.25) is 11.8 Å². The number of nitrogens with one attached hydrogen (secondary N) is 2. The van der Waals surface area contributed by atoms with Gasteiger partial charge in [-0.1, -0.05) is 12.6 Å². The number of carbonyl (C=O) groups is 4. The molecule has 256 valence electrons. The van der Waals surface area contributed by atoms with Crippen molar-refractivity contribution in [2.45, 2.75) is 67.7 Å². The summed E-state index contributed by atoms with van der Waals surface area (Å²) in [7, 11) is 3.67. The minimum Gasteiger partial charge on any atom is -0.477 e. The first kappa shape index (κ1) is 34.1. The number of ketones is 1. The molecular weight excluding hydrogens is 608 g/mol. The molecule has 2 bridgehead atoms. The summed E-state index contributed by atoms with van der Waals surface area (Å²) >= 11 is 0. The Kier molecular flexibility index (Phi) is 9.53. The van der Waals surface area contributed by atoms with E-state index in [2.05, 4.69) is 29.3 Å². The molecule has 2 aliphatic carbocycles. The van der Waals surface area contributed by atoms with Crippen LogP contribution in [-0.4, -0.2) is 121 Å². The molecule has 0 aromatic heterocycles. The monoisotopic (exact) mass is 655 g/mol. The molecule has 2 fully saturated rings. The first-order valence-electron chi connectivity index (χ1n) is 16.1. The molecular formula is C32H47N8O7+. The predicted octanol–water partition coefficient (Wildman–Crippen LogP) is -1.22. The molecule has 1 unspecified atom stereocenters. The van der Waals surface area contributed by atoms with Crippen LogP contribution < -0.4 is 37.3 Å². The third-order valence-electron chi connectivity index (χ3n) is 10.5. The van der Waals surface area contributed by atoms with Gasteiger partial charge >= 0.3 is 6.09 Å². The fourth-order valence-electron chi connectivity index (χ4n) is 8.17. The number of hydrogen-bond acceptors (Lipinski definition) is 9. The summed E-state index contributed by atoms with van der Waals surface area (Å²) in [4.78, 5) is 56.4. The van der Waals surface area contributed by atoms with E-state index in [0.29, 0.717) is 42.5 Å². The van der Waals surface area contributed by atoms with Crippen molar-refractivity contribution in [3.05, 3.63) is 35.9 Å². The molecule has 15 nitrogen and oxygen atoms in total. The molecule has 0 radical (unpaired) electrons. The van der Waals surface area contributed by atoms with Gasteiger partial charge in [0, 0.05) is 51.5 Å². The lowest BCUT2D eigenvalue weighted by atomic mass is 9.48. The van der Waals surface area contributed by atoms with Gasteiger partial charge in [0.05, 0.1) is 32.1 Å². The second-order valence-electron chi connectivity index (χ2n) is 13.3. The van der Waals surface area contributed by atoms with Gasteiger partial charge < -0.3 is 51.8 Å². The van der Waals surface area contributed by atoms with Crippen molar-refractivity contribution in [2.24, 2.45) is 22.2 Å². The van der Waals surface area contributed by atoms with Crippen LogP contribution >= 0.6 is 0 Å². The average Bonchev–Trinajstić information content (AvgIpc) is 3.40. The highest BCUT2D eigenvalue weighted by molar-refractivity contribution is 5.90. The molecule has 15 heteroatoms. The minimum absolute atomic E-state index is 0.0559. The van der Waals surface area contributed by atoms with E-state index in [1.54, 1.807) is 6.07 Å². The molecule has 4 aliphatic rings. The number of aliphatic imine (C=N–C) groups is 1. The SMILES string of the molecule is C=CC[N+]1(C)CC[C@]23c4c5ccc(OC(=O)N(C)CCNC(=O)[C@H](CCCN=C(N)N)NC(=O)CN)c4O[C@H]2C(=O)CC[C@@]3(O)[C@@H]1C5. The van der Waals surface area contributed by atoms with E-state index in [1.807, 2.05) is 12.1 Å². The van der Waals surface area contributed by atoms with Crippen molar-refractivity contribution in [2.75, 3.05) is 53.4 Å². The number of nitrogens with zero attached hydrogens (tertiary/aromatic N) is 3. The number of likely N-dealkylation sites (tertiary alicyclic amines) is 1. The Morgan fingerprint density at radius 1 is 1.32 bits per heavy atom. The van der Waals surface area contributed by atoms with Crippen LogP contribution in [0.3, 0.4) is 0 Å². The Hall–Kier alpha value is -4.21. The minimum atomic E-state index is -1.16. The zero-order chi connectivity index (χ0) is 34.1. The molecule has 1 spiro atoms. The Bertz CT molecular complexity index is 1480. The number of guanidine groups is 1. The van der Waals surface area contributed by atoms with E-state index < -0.39 is 41.1 Å². The van der Waals surface area contributed by atoms with Gasteiger partial charge in [0.1, 0.15) is 17.7 Å². The number of amides is 3. The third kappa shape index (κ3) is 5.91. The smallest absolute Gasteiger partial charge is 0.415 e. The lowest BCUT2D eigenvalue weighted by molar-refractivity contribution is -0.944. The fraction of sp³-hybridized carbons (Fsp3) is 0.594. The second-order valence-corrected chi connectivity index (χ2v) is 13.3. The van der Waals surface area contributed by atoms with Gasteiger partial charge in [0.25, 0.3) is 0 Å². The number of quaternary nitrogens is 1. The summed E-state index contributed by atoms with van der Waals surface area (Å²) in [5.74, 6) is -0.526. The molecule has 2 aliphatic heterocycles. The maximum atomic E-state index is 13.3. The number of hydrogen-bond donors (Lipinski definition) is 6. The molecule has 1 saturated heterocycles. The predicted molar refractivity (Wildman–Crippen MR) is 173 cm³/mol. The summed E-state index contributed by atoms with van der Waals surface area (Å²) in [6.07, 6.45) is 2.79. The summed E-state index contributed by atoms with van der Waals surface area (Å²) in [5.41, 5.74) is 15.8. The summed E-state index contributed by atoms with van der Waals surface area (Å²) < 4.78 is 12.8. The van der Waals surface area contributed by atoms with Crippen molar-refractivity contribution in [1.29, 1.82) is 0 Å². The highest BCUT2D eigenvalue weighted by Crippen LogP contribution is 2.65. The zero-order valence-electron chi connectivity index (χ0n) is 27.1. The number of carbonyl (C=O) groups excluding carboxylic acids is 4. The number of nitrogens with two attached hydrogens (primary N) is 3. The average molecular weight is 656 g/mol. The van der Waals surface area contributed by atoms with Gasteiger partial charge in [-0.3, -0.25) is 19.4 Å². The summed E-state index contributed by atoms with van der Waals surface area (Å²) in [6, 6.07) is 2.60. The molecule has 3 amide bonds. The van der Waals surface area contributed by atoms with Gasteiger partial charge in [-0.25, -0.2) is 4.79 Å². The number of piperidine rings is 1. The number of Topliss-reactive ketones (excluding diaryl/α,β-unsaturated/α-hetero) is 1. The lowest BCUT2D eigenvalue weighted by Crippen LogP contribution is -2.80. The van der Waals surface area contributed by atoms with E-state index in [1.165, 1.54) is 11.9 Å². The normalized spacial score (nSPS) is 28.6. The van der Waals surface area contributed by atoms with Gasteiger partial charge in [-0.2, -0.15) is 0 Å². The molecule has 1 aromatic carbocycles. The summed E-state index contributed by atoms with van der Waals surface area (Å²) in [6.45, 7) is 5.60. The highest BCUT2D eigenvalue weighted by atomic mass is 16.6. The zero-order valence-corrected chi connectivity index (χ0v) is 27.1. The first-order chi connectivity index (χ1) is 22.3. The number of rotatable bonds is 13. The van der Waals surface area contributed by atoms with Gasteiger partial charge in [0.15, 0.2) is 29.3 Å². The van der Waals surface area contributed by atoms with Crippen LogP contribution in [0.2, 0.25) is 0 Å². The molecule has 6 atom stereocenters. The Morgan fingerprint density at radius 2 is 2.09 bits per heavy atom. The van der Waals surface area contributed by atoms with Crippen LogP contribution in [-0.2, 0) is 26.2 Å². The number of benzene rings is 1. The molecule has 5 rings (SSSR count). The Labute approximate surface area is 274 Å². The first-order valence-corrected chi connectivity index (χ1v) is 16.1. The van der Waals surface area contributed by atoms with Crippen molar-refractivity contribution in [1.82, 2.24) is 15.5 Å². The largest absolute Gasteiger partial charge is 0.477 e. The van der Waals surface area contributed by atoms with Crippen molar-refractivity contribution in [3.63, 3.8) is 0 Å². The van der Waals surface area contributed by atoms with Crippen molar-refractivity contribution in [3.8, 4) is 11.5 Å². The molecule has 2 heterocycles. The number of ether oxygens (including phenoxy) is 2. The lowest BCUT2D eigenvalue weighted by Gasteiger charge is -2.64. The number of aliphatic hydroxyl groups is 1. The van der Waals surface area contributed by atoms with Gasteiger partial charge in [-0.15, -0.1) is 0 Å². The maximum Gasteiger partial charge on any atom is 0.415 e. The summed E-state index contributed by atoms with van der Waals surface area (Å²) in [5, 5.41) is 17.8. The van der Waals surface area contributed by atoms with E-state index in [9.17, 15) is 24.3 Å². The number of likely N-dealkylation sites (N-methyl/N-ethyl adjacent to an activating group) is 2. The topological polar surface area (TPSA) is 225 Å².